The van der Waals surface area contributed by atoms with Gasteiger partial charge in [-0.1, -0.05) is 84.0 Å². The summed E-state index contributed by atoms with van der Waals surface area (Å²) in [5.41, 5.74) is 4.20. The van der Waals surface area contributed by atoms with Gasteiger partial charge in [0.1, 0.15) is 5.69 Å². The van der Waals surface area contributed by atoms with Crippen molar-refractivity contribution >= 4 is 34.2 Å². The van der Waals surface area contributed by atoms with Gasteiger partial charge in [-0.25, -0.2) is 4.98 Å². The zero-order valence-electron chi connectivity index (χ0n) is 22.7. The van der Waals surface area contributed by atoms with Gasteiger partial charge in [-0.3, -0.25) is 0 Å². The second kappa shape index (κ2) is 11.4. The maximum atomic E-state index is 11.2. The summed E-state index contributed by atoms with van der Waals surface area (Å²) in [6, 6.07) is 30.5. The van der Waals surface area contributed by atoms with Crippen molar-refractivity contribution in [1.29, 1.82) is 0 Å². The SMILES string of the molecule is Cl.OC1(c2ccccc2)CCN(CCCn2c3ccccc3c3cc(-c4nc(-c5ccccc5)no4)ncc32)CC1. The van der Waals surface area contributed by atoms with Crippen LogP contribution in [0.2, 0.25) is 0 Å². The van der Waals surface area contributed by atoms with Gasteiger partial charge in [0.05, 0.1) is 17.3 Å². The quantitative estimate of drug-likeness (QED) is 0.232. The van der Waals surface area contributed by atoms with Crippen LogP contribution >= 0.6 is 12.4 Å². The van der Waals surface area contributed by atoms with Crippen LogP contribution in [0.25, 0.3) is 44.8 Å². The normalized spacial score (nSPS) is 15.2. The summed E-state index contributed by atoms with van der Waals surface area (Å²) in [6.45, 7) is 3.69. The topological polar surface area (TPSA) is 80.2 Å². The Balaban J connectivity index is 0.00000302. The molecule has 208 valence electrons. The van der Waals surface area contributed by atoms with Crippen LogP contribution in [0.3, 0.4) is 0 Å². The lowest BCUT2D eigenvalue weighted by Crippen LogP contribution is -2.43. The van der Waals surface area contributed by atoms with E-state index in [-0.39, 0.29) is 12.4 Å². The van der Waals surface area contributed by atoms with E-state index in [1.165, 1.54) is 10.9 Å². The highest BCUT2D eigenvalue weighted by Crippen LogP contribution is 2.34. The van der Waals surface area contributed by atoms with Crippen molar-refractivity contribution in [1.82, 2.24) is 24.6 Å². The van der Waals surface area contributed by atoms with Gasteiger partial charge < -0.3 is 19.1 Å². The highest BCUT2D eigenvalue weighted by Gasteiger charge is 2.33. The van der Waals surface area contributed by atoms with Crippen molar-refractivity contribution < 1.29 is 9.63 Å². The molecule has 0 atom stereocenters. The molecule has 1 fully saturated rings. The maximum Gasteiger partial charge on any atom is 0.276 e. The fraction of sp³-hybridized carbons (Fsp3) is 0.242. The number of aryl methyl sites for hydroxylation is 1. The van der Waals surface area contributed by atoms with Gasteiger partial charge in [-0.2, -0.15) is 4.98 Å². The smallest absolute Gasteiger partial charge is 0.276 e. The van der Waals surface area contributed by atoms with E-state index in [0.29, 0.717) is 17.4 Å². The number of rotatable bonds is 7. The van der Waals surface area contributed by atoms with Crippen LogP contribution in [-0.2, 0) is 12.1 Å². The molecule has 6 aromatic rings. The molecule has 0 bridgehead atoms. The van der Waals surface area contributed by atoms with Crippen molar-refractivity contribution in [2.75, 3.05) is 19.6 Å². The van der Waals surface area contributed by atoms with Crippen molar-refractivity contribution in [3.8, 4) is 23.0 Å². The number of para-hydroxylation sites is 1. The minimum Gasteiger partial charge on any atom is -0.385 e. The van der Waals surface area contributed by atoms with Crippen LogP contribution < -0.4 is 0 Å². The number of aliphatic hydroxyl groups is 1. The number of pyridine rings is 1. The third-order valence-corrected chi connectivity index (χ3v) is 8.19. The molecular formula is C33H32ClN5O2. The lowest BCUT2D eigenvalue weighted by Gasteiger charge is -2.38. The fourth-order valence-corrected chi connectivity index (χ4v) is 5.97. The molecule has 1 saturated heterocycles. The molecule has 0 unspecified atom stereocenters. The average molecular weight is 566 g/mol. The molecule has 1 aliphatic heterocycles. The number of likely N-dealkylation sites (tertiary alicyclic amines) is 1. The van der Waals surface area contributed by atoms with Gasteiger partial charge in [0.2, 0.25) is 5.82 Å². The second-order valence-electron chi connectivity index (χ2n) is 10.6. The van der Waals surface area contributed by atoms with Gasteiger partial charge >= 0.3 is 0 Å². The van der Waals surface area contributed by atoms with E-state index in [0.717, 1.165) is 67.5 Å². The number of hydrogen-bond donors (Lipinski definition) is 1. The summed E-state index contributed by atoms with van der Waals surface area (Å²) in [6.07, 6.45) is 4.48. The average Bonchev–Trinajstić information content (AvgIpc) is 3.63. The molecule has 7 nitrogen and oxygen atoms in total. The van der Waals surface area contributed by atoms with Gasteiger partial charge in [-0.05, 0) is 43.5 Å². The van der Waals surface area contributed by atoms with Gasteiger partial charge in [0.15, 0.2) is 0 Å². The number of nitrogens with zero attached hydrogens (tertiary/aromatic N) is 5. The van der Waals surface area contributed by atoms with Crippen molar-refractivity contribution in [2.45, 2.75) is 31.4 Å². The van der Waals surface area contributed by atoms with Crippen molar-refractivity contribution in [3.05, 3.63) is 103 Å². The highest BCUT2D eigenvalue weighted by atomic mass is 35.5. The monoisotopic (exact) mass is 565 g/mol. The molecule has 0 saturated carbocycles. The summed E-state index contributed by atoms with van der Waals surface area (Å²) in [5.74, 6) is 0.970. The van der Waals surface area contributed by atoms with Crippen LogP contribution in [0, 0.1) is 0 Å². The van der Waals surface area contributed by atoms with E-state index in [9.17, 15) is 5.11 Å². The molecular weight excluding hydrogens is 534 g/mol. The molecule has 0 amide bonds. The van der Waals surface area contributed by atoms with Gasteiger partial charge in [0, 0.05) is 41.5 Å². The van der Waals surface area contributed by atoms with E-state index in [2.05, 4.69) is 49.9 Å². The Morgan fingerprint density at radius 2 is 1.51 bits per heavy atom. The number of halogens is 1. The first kappa shape index (κ1) is 27.1. The van der Waals surface area contributed by atoms with Crippen LogP contribution in [0.5, 0.6) is 0 Å². The van der Waals surface area contributed by atoms with E-state index >= 15 is 0 Å². The number of hydrogen-bond acceptors (Lipinski definition) is 6. The highest BCUT2D eigenvalue weighted by molar-refractivity contribution is 6.08. The van der Waals surface area contributed by atoms with E-state index in [4.69, 9.17) is 9.51 Å². The van der Waals surface area contributed by atoms with Crippen LogP contribution in [0.4, 0.5) is 0 Å². The molecule has 1 aliphatic rings. The van der Waals surface area contributed by atoms with E-state index < -0.39 is 5.60 Å². The largest absolute Gasteiger partial charge is 0.385 e. The molecule has 0 spiro atoms. The molecule has 4 heterocycles. The second-order valence-corrected chi connectivity index (χ2v) is 10.6. The Labute approximate surface area is 244 Å². The molecule has 0 radical (unpaired) electrons. The summed E-state index contributed by atoms with van der Waals surface area (Å²) in [4.78, 5) is 11.8. The third-order valence-electron chi connectivity index (χ3n) is 8.19. The Hall–Kier alpha value is -4.04. The standard InChI is InChI=1S/C33H31N5O2.ClH/c39-33(25-12-5-2-6-13-25)16-20-37(21-17-33)18-9-19-38-29-15-8-7-14-26(29)27-22-28(34-23-30(27)38)32-35-31(36-40-32)24-10-3-1-4-11-24;/h1-8,10-15,22-23,39H,9,16-21H2;1H. The number of fused-ring (bicyclic) bond motifs is 3. The zero-order valence-corrected chi connectivity index (χ0v) is 23.5. The molecule has 41 heavy (non-hydrogen) atoms. The Morgan fingerprint density at radius 3 is 2.29 bits per heavy atom. The number of piperidine rings is 1. The predicted octanol–water partition coefficient (Wildman–Crippen LogP) is 6.70. The lowest BCUT2D eigenvalue weighted by atomic mass is 9.84. The van der Waals surface area contributed by atoms with E-state index in [1.807, 2.05) is 66.9 Å². The lowest BCUT2D eigenvalue weighted by molar-refractivity contribution is -0.0261. The maximum absolute atomic E-state index is 11.2. The Bertz CT molecular complexity index is 1760. The Morgan fingerprint density at radius 1 is 0.805 bits per heavy atom. The molecule has 0 aliphatic carbocycles. The fourth-order valence-electron chi connectivity index (χ4n) is 5.97. The summed E-state index contributed by atoms with van der Waals surface area (Å²) in [5, 5.41) is 17.7. The first-order valence-electron chi connectivity index (χ1n) is 13.9. The summed E-state index contributed by atoms with van der Waals surface area (Å²) < 4.78 is 7.96. The van der Waals surface area contributed by atoms with Crippen LogP contribution in [-0.4, -0.2) is 49.3 Å². The summed E-state index contributed by atoms with van der Waals surface area (Å²) >= 11 is 0. The van der Waals surface area contributed by atoms with Crippen molar-refractivity contribution in [3.63, 3.8) is 0 Å². The zero-order chi connectivity index (χ0) is 26.9. The van der Waals surface area contributed by atoms with Gasteiger partial charge in [0.25, 0.3) is 5.89 Å². The van der Waals surface area contributed by atoms with Crippen molar-refractivity contribution in [2.24, 2.45) is 0 Å². The number of aromatic nitrogens is 4. The molecule has 3 aromatic heterocycles. The predicted molar refractivity (Wildman–Crippen MR) is 164 cm³/mol. The number of benzene rings is 3. The molecule has 3 aromatic carbocycles. The van der Waals surface area contributed by atoms with Crippen LogP contribution in [0.15, 0.2) is 102 Å². The minimum absolute atomic E-state index is 0. The van der Waals surface area contributed by atoms with Crippen LogP contribution in [0.1, 0.15) is 24.8 Å². The summed E-state index contributed by atoms with van der Waals surface area (Å²) in [7, 11) is 0. The molecule has 1 N–H and O–H groups in total. The molecule has 8 heteroatoms. The van der Waals surface area contributed by atoms with Gasteiger partial charge in [-0.15, -0.1) is 12.4 Å². The Kier molecular flexibility index (Phi) is 7.58. The molecule has 7 rings (SSSR count). The first-order valence-corrected chi connectivity index (χ1v) is 13.9. The van der Waals surface area contributed by atoms with E-state index in [1.54, 1.807) is 0 Å². The minimum atomic E-state index is -0.714. The third kappa shape index (κ3) is 5.24. The first-order chi connectivity index (χ1) is 19.7.